The fourth-order valence-electron chi connectivity index (χ4n) is 1.66. The molecule has 0 saturated heterocycles. The van der Waals surface area contributed by atoms with Crippen molar-refractivity contribution in [2.45, 2.75) is 26.8 Å². The lowest BCUT2D eigenvalue weighted by Crippen LogP contribution is -2.01. The van der Waals surface area contributed by atoms with Crippen LogP contribution in [0.4, 0.5) is 0 Å². The Hall–Kier alpha value is -1.57. The summed E-state index contributed by atoms with van der Waals surface area (Å²) in [4.78, 5) is 4.40. The predicted molar refractivity (Wildman–Crippen MR) is 62.8 cm³/mol. The first kappa shape index (κ1) is 9.97. The molecule has 0 spiro atoms. The molecule has 0 atom stereocenters. The van der Waals surface area contributed by atoms with Crippen molar-refractivity contribution in [3.05, 3.63) is 42.2 Å². The number of imidazole rings is 1. The van der Waals surface area contributed by atoms with Crippen molar-refractivity contribution >= 4 is 0 Å². The van der Waals surface area contributed by atoms with Crippen LogP contribution in [0.25, 0.3) is 11.4 Å². The fraction of sp³-hybridized carbons (Fsp3) is 0.308. The summed E-state index contributed by atoms with van der Waals surface area (Å²) in [5, 5.41) is 0. The highest BCUT2D eigenvalue weighted by molar-refractivity contribution is 5.56. The first-order valence-electron chi connectivity index (χ1n) is 5.28. The van der Waals surface area contributed by atoms with E-state index in [1.807, 2.05) is 12.4 Å². The van der Waals surface area contributed by atoms with Crippen LogP contribution >= 0.6 is 0 Å². The molecule has 2 aromatic rings. The summed E-state index contributed by atoms with van der Waals surface area (Å²) in [5.41, 5.74) is 2.46. The van der Waals surface area contributed by atoms with Crippen molar-refractivity contribution in [1.29, 1.82) is 0 Å². The Morgan fingerprint density at radius 2 is 1.80 bits per heavy atom. The SMILES string of the molecule is Cc1ccc(-c2nccn2C(C)C)cc1. The fourth-order valence-corrected chi connectivity index (χ4v) is 1.66. The summed E-state index contributed by atoms with van der Waals surface area (Å²) in [6.07, 6.45) is 3.88. The van der Waals surface area contributed by atoms with E-state index in [4.69, 9.17) is 0 Å². The van der Waals surface area contributed by atoms with E-state index in [0.717, 1.165) is 5.82 Å². The quantitative estimate of drug-likeness (QED) is 0.726. The Morgan fingerprint density at radius 3 is 2.40 bits per heavy atom. The molecule has 1 aromatic carbocycles. The van der Waals surface area contributed by atoms with E-state index in [2.05, 4.69) is 54.6 Å². The summed E-state index contributed by atoms with van der Waals surface area (Å²) in [7, 11) is 0. The Kier molecular flexibility index (Phi) is 2.58. The van der Waals surface area contributed by atoms with Gasteiger partial charge in [-0.25, -0.2) is 4.98 Å². The Bertz CT molecular complexity index is 438. The molecule has 15 heavy (non-hydrogen) atoms. The van der Waals surface area contributed by atoms with E-state index in [-0.39, 0.29) is 0 Å². The van der Waals surface area contributed by atoms with Crippen LogP contribution in [0.1, 0.15) is 25.5 Å². The van der Waals surface area contributed by atoms with E-state index in [1.165, 1.54) is 11.1 Å². The minimum atomic E-state index is 0.448. The molecule has 0 amide bonds. The summed E-state index contributed by atoms with van der Waals surface area (Å²) in [5.74, 6) is 1.05. The molecular weight excluding hydrogens is 184 g/mol. The van der Waals surface area contributed by atoms with Crippen LogP contribution in [-0.4, -0.2) is 9.55 Å². The summed E-state index contributed by atoms with van der Waals surface area (Å²) >= 11 is 0. The van der Waals surface area contributed by atoms with Gasteiger partial charge in [-0.05, 0) is 20.8 Å². The highest BCUT2D eigenvalue weighted by Gasteiger charge is 2.07. The topological polar surface area (TPSA) is 17.8 Å². The van der Waals surface area contributed by atoms with Gasteiger partial charge in [0.05, 0.1) is 0 Å². The van der Waals surface area contributed by atoms with Crippen LogP contribution in [0, 0.1) is 6.92 Å². The van der Waals surface area contributed by atoms with Crippen molar-refractivity contribution < 1.29 is 0 Å². The highest BCUT2D eigenvalue weighted by Crippen LogP contribution is 2.20. The zero-order valence-corrected chi connectivity index (χ0v) is 9.44. The molecule has 0 aliphatic heterocycles. The number of hydrogen-bond donors (Lipinski definition) is 0. The Balaban J connectivity index is 2.45. The second kappa shape index (κ2) is 3.89. The van der Waals surface area contributed by atoms with E-state index in [1.54, 1.807) is 0 Å². The van der Waals surface area contributed by atoms with Crippen LogP contribution in [0.2, 0.25) is 0 Å². The average Bonchev–Trinajstić information content (AvgIpc) is 2.67. The second-order valence-electron chi connectivity index (χ2n) is 4.12. The lowest BCUT2D eigenvalue weighted by molar-refractivity contribution is 0.606. The molecule has 2 nitrogen and oxygen atoms in total. The third-order valence-electron chi connectivity index (χ3n) is 2.53. The third kappa shape index (κ3) is 1.94. The molecule has 0 unspecified atom stereocenters. The highest BCUT2D eigenvalue weighted by atomic mass is 15.1. The smallest absolute Gasteiger partial charge is 0.140 e. The van der Waals surface area contributed by atoms with Crippen LogP contribution in [0.3, 0.4) is 0 Å². The first-order valence-corrected chi connectivity index (χ1v) is 5.28. The van der Waals surface area contributed by atoms with E-state index in [0.29, 0.717) is 6.04 Å². The van der Waals surface area contributed by atoms with Crippen LogP contribution in [-0.2, 0) is 0 Å². The van der Waals surface area contributed by atoms with Crippen LogP contribution in [0.5, 0.6) is 0 Å². The minimum Gasteiger partial charge on any atom is -0.328 e. The van der Waals surface area contributed by atoms with Crippen molar-refractivity contribution in [3.63, 3.8) is 0 Å². The van der Waals surface area contributed by atoms with Gasteiger partial charge in [0.15, 0.2) is 0 Å². The van der Waals surface area contributed by atoms with E-state index in [9.17, 15) is 0 Å². The molecule has 0 saturated carbocycles. The molecular formula is C13H16N2. The molecule has 0 N–H and O–H groups in total. The van der Waals surface area contributed by atoms with Gasteiger partial charge in [-0.2, -0.15) is 0 Å². The normalized spacial score (nSPS) is 10.9. The molecule has 0 aliphatic carbocycles. The van der Waals surface area contributed by atoms with Gasteiger partial charge in [-0.1, -0.05) is 29.8 Å². The number of hydrogen-bond acceptors (Lipinski definition) is 1. The van der Waals surface area contributed by atoms with E-state index < -0.39 is 0 Å². The van der Waals surface area contributed by atoms with Gasteiger partial charge >= 0.3 is 0 Å². The van der Waals surface area contributed by atoms with Gasteiger partial charge in [0, 0.05) is 24.0 Å². The first-order chi connectivity index (χ1) is 7.18. The van der Waals surface area contributed by atoms with Gasteiger partial charge in [0.25, 0.3) is 0 Å². The number of benzene rings is 1. The van der Waals surface area contributed by atoms with Crippen LogP contribution < -0.4 is 0 Å². The van der Waals surface area contributed by atoms with Crippen molar-refractivity contribution in [1.82, 2.24) is 9.55 Å². The van der Waals surface area contributed by atoms with Crippen molar-refractivity contribution in [2.24, 2.45) is 0 Å². The van der Waals surface area contributed by atoms with Crippen LogP contribution in [0.15, 0.2) is 36.7 Å². The van der Waals surface area contributed by atoms with Crippen molar-refractivity contribution in [3.8, 4) is 11.4 Å². The lowest BCUT2D eigenvalue weighted by Gasteiger charge is -2.11. The summed E-state index contributed by atoms with van der Waals surface area (Å²) < 4.78 is 2.19. The van der Waals surface area contributed by atoms with Crippen molar-refractivity contribution in [2.75, 3.05) is 0 Å². The van der Waals surface area contributed by atoms with Gasteiger partial charge in [-0.15, -0.1) is 0 Å². The zero-order chi connectivity index (χ0) is 10.8. The van der Waals surface area contributed by atoms with Gasteiger partial charge < -0.3 is 4.57 Å². The standard InChI is InChI=1S/C13H16N2/c1-10(2)15-9-8-14-13(15)12-6-4-11(3)5-7-12/h4-10H,1-3H3. The van der Waals surface area contributed by atoms with Gasteiger partial charge in [-0.3, -0.25) is 0 Å². The molecule has 2 rings (SSSR count). The number of nitrogens with zero attached hydrogens (tertiary/aromatic N) is 2. The molecule has 0 radical (unpaired) electrons. The third-order valence-corrected chi connectivity index (χ3v) is 2.53. The number of rotatable bonds is 2. The number of aromatic nitrogens is 2. The Labute approximate surface area is 90.6 Å². The largest absolute Gasteiger partial charge is 0.328 e. The molecule has 78 valence electrons. The van der Waals surface area contributed by atoms with E-state index >= 15 is 0 Å². The lowest BCUT2D eigenvalue weighted by atomic mass is 10.1. The monoisotopic (exact) mass is 200 g/mol. The molecule has 1 heterocycles. The summed E-state index contributed by atoms with van der Waals surface area (Å²) in [6, 6.07) is 8.93. The molecule has 2 heteroatoms. The summed E-state index contributed by atoms with van der Waals surface area (Å²) in [6.45, 7) is 6.43. The molecule has 0 bridgehead atoms. The average molecular weight is 200 g/mol. The van der Waals surface area contributed by atoms with Gasteiger partial charge in [0.1, 0.15) is 5.82 Å². The van der Waals surface area contributed by atoms with Gasteiger partial charge in [0.2, 0.25) is 0 Å². The Morgan fingerprint density at radius 1 is 1.13 bits per heavy atom. The number of aryl methyl sites for hydroxylation is 1. The molecule has 1 aromatic heterocycles. The minimum absolute atomic E-state index is 0.448. The molecule has 0 aliphatic rings. The predicted octanol–water partition coefficient (Wildman–Crippen LogP) is 3.44. The zero-order valence-electron chi connectivity index (χ0n) is 9.44. The maximum absolute atomic E-state index is 4.40. The maximum Gasteiger partial charge on any atom is 0.140 e. The molecule has 0 fully saturated rings. The maximum atomic E-state index is 4.40. The second-order valence-corrected chi connectivity index (χ2v) is 4.12.